The van der Waals surface area contributed by atoms with Crippen molar-refractivity contribution in [2.45, 2.75) is 25.6 Å². The topological polar surface area (TPSA) is 71.5 Å². The van der Waals surface area contributed by atoms with E-state index in [0.717, 1.165) is 23.4 Å². The third-order valence-corrected chi connectivity index (χ3v) is 4.71. The van der Waals surface area contributed by atoms with Crippen molar-refractivity contribution in [2.75, 3.05) is 12.4 Å². The monoisotopic (exact) mass is 430 g/mol. The van der Waals surface area contributed by atoms with E-state index >= 15 is 0 Å². The number of methoxy groups -OCH3 is 1. The molecule has 0 spiro atoms. The highest BCUT2D eigenvalue weighted by Gasteiger charge is 2.30. The second-order valence-corrected chi connectivity index (χ2v) is 6.92. The quantitative estimate of drug-likeness (QED) is 0.500. The van der Waals surface area contributed by atoms with Crippen molar-refractivity contribution in [3.8, 4) is 17.0 Å². The van der Waals surface area contributed by atoms with Crippen LogP contribution in [0.15, 0.2) is 60.8 Å². The van der Waals surface area contributed by atoms with Crippen molar-refractivity contribution in [1.29, 1.82) is 0 Å². The molecule has 1 heterocycles. The van der Waals surface area contributed by atoms with Crippen molar-refractivity contribution in [3.05, 3.63) is 77.5 Å². The molecule has 5 nitrogen and oxygen atoms in total. The van der Waals surface area contributed by atoms with Gasteiger partial charge in [-0.3, -0.25) is 4.79 Å². The number of alkyl halides is 3. The van der Waals surface area contributed by atoms with Gasteiger partial charge < -0.3 is 15.2 Å². The fraction of sp³-hybridized carbons (Fsp3) is 0.217. The van der Waals surface area contributed by atoms with Gasteiger partial charge in [0.1, 0.15) is 0 Å². The predicted molar refractivity (Wildman–Crippen MR) is 111 cm³/mol. The third kappa shape index (κ3) is 5.97. The molecule has 2 N–H and O–H groups in total. The van der Waals surface area contributed by atoms with Gasteiger partial charge >= 0.3 is 12.1 Å². The summed E-state index contributed by atoms with van der Waals surface area (Å²) in [4.78, 5) is 14.9. The average molecular weight is 430 g/mol. The van der Waals surface area contributed by atoms with E-state index < -0.39 is 17.7 Å². The number of aliphatic carboxylic acids is 1. The molecule has 162 valence electrons. The van der Waals surface area contributed by atoms with E-state index in [0.29, 0.717) is 35.5 Å². The van der Waals surface area contributed by atoms with Gasteiger partial charge in [-0.15, -0.1) is 0 Å². The molecule has 0 aliphatic rings. The number of pyridine rings is 1. The zero-order valence-electron chi connectivity index (χ0n) is 16.7. The summed E-state index contributed by atoms with van der Waals surface area (Å²) in [5, 5.41) is 12.0. The Balaban J connectivity index is 1.76. The Morgan fingerprint density at radius 1 is 1.10 bits per heavy atom. The molecule has 0 saturated carbocycles. The second kappa shape index (κ2) is 9.51. The highest BCUT2D eigenvalue weighted by Crippen LogP contribution is 2.33. The normalized spacial score (nSPS) is 11.2. The lowest BCUT2D eigenvalue weighted by Gasteiger charge is -2.13. The number of carboxylic acids is 1. The molecule has 0 radical (unpaired) electrons. The molecule has 0 atom stereocenters. The summed E-state index contributed by atoms with van der Waals surface area (Å²) < 4.78 is 44.4. The summed E-state index contributed by atoms with van der Waals surface area (Å²) in [7, 11) is 1.48. The van der Waals surface area contributed by atoms with Crippen molar-refractivity contribution >= 4 is 11.7 Å². The molecule has 0 saturated heterocycles. The van der Waals surface area contributed by atoms with Crippen molar-refractivity contribution in [2.24, 2.45) is 0 Å². The molecule has 0 aliphatic carbocycles. The van der Waals surface area contributed by atoms with E-state index in [1.165, 1.54) is 19.4 Å². The molecular weight excluding hydrogens is 409 g/mol. The number of anilines is 1. The van der Waals surface area contributed by atoms with Gasteiger partial charge in [0.05, 0.1) is 12.7 Å². The van der Waals surface area contributed by atoms with Gasteiger partial charge in [-0.05, 0) is 47.9 Å². The van der Waals surface area contributed by atoms with E-state index in [1.54, 1.807) is 12.1 Å². The minimum atomic E-state index is -4.42. The maximum Gasteiger partial charge on any atom is 0.416 e. The van der Waals surface area contributed by atoms with E-state index in [2.05, 4.69) is 10.3 Å². The third-order valence-electron chi connectivity index (χ3n) is 4.71. The molecule has 3 aromatic rings. The summed E-state index contributed by atoms with van der Waals surface area (Å²) >= 11 is 0. The lowest BCUT2D eigenvalue weighted by molar-refractivity contribution is -0.138. The van der Waals surface area contributed by atoms with Crippen LogP contribution >= 0.6 is 0 Å². The summed E-state index contributed by atoms with van der Waals surface area (Å²) in [5.41, 5.74) is 2.65. The molecule has 8 heteroatoms. The molecule has 0 amide bonds. The first kappa shape index (κ1) is 22.1. The molecule has 0 bridgehead atoms. The number of aryl methyl sites for hydroxylation is 1. The number of hydrogen-bond donors (Lipinski definition) is 2. The largest absolute Gasteiger partial charge is 0.481 e. The predicted octanol–water partition coefficient (Wildman–Crippen LogP) is 5.41. The van der Waals surface area contributed by atoms with Gasteiger partial charge in [-0.25, -0.2) is 4.98 Å². The molecule has 0 aliphatic heterocycles. The van der Waals surface area contributed by atoms with E-state index in [1.807, 2.05) is 24.3 Å². The fourth-order valence-corrected chi connectivity index (χ4v) is 3.08. The van der Waals surface area contributed by atoms with E-state index in [4.69, 9.17) is 9.84 Å². The van der Waals surface area contributed by atoms with Crippen LogP contribution in [-0.2, 0) is 23.9 Å². The van der Waals surface area contributed by atoms with E-state index in [-0.39, 0.29) is 6.42 Å². The van der Waals surface area contributed by atoms with Crippen LogP contribution < -0.4 is 10.1 Å². The molecule has 3 rings (SSSR count). The Morgan fingerprint density at radius 2 is 1.84 bits per heavy atom. The standard InChI is InChI=1S/C23H21F3N2O3/c1-31-22-18(14-27-20-8-5-15(6-9-20)7-10-21(29)30)11-17(13-28-22)16-3-2-4-19(12-16)23(24,25)26/h2-6,8-9,11-13,27H,7,10,14H2,1H3,(H,29,30). The van der Waals surface area contributed by atoms with Crippen molar-refractivity contribution < 1.29 is 27.8 Å². The number of halogens is 3. The molecule has 0 fully saturated rings. The Labute approximate surface area is 177 Å². The molecule has 31 heavy (non-hydrogen) atoms. The van der Waals surface area contributed by atoms with Gasteiger partial charge in [0, 0.05) is 36.0 Å². The maximum atomic E-state index is 13.0. The zero-order valence-corrected chi connectivity index (χ0v) is 16.7. The lowest BCUT2D eigenvalue weighted by atomic mass is 10.0. The number of nitrogens with one attached hydrogen (secondary N) is 1. The number of rotatable bonds is 8. The van der Waals surface area contributed by atoms with Crippen LogP contribution in [0.1, 0.15) is 23.1 Å². The Bertz CT molecular complexity index is 1050. The Hall–Kier alpha value is -3.55. The number of carboxylic acid groups (broad SMARTS) is 1. The second-order valence-electron chi connectivity index (χ2n) is 6.92. The molecular formula is C23H21F3N2O3. The minimum Gasteiger partial charge on any atom is -0.481 e. The number of hydrogen-bond acceptors (Lipinski definition) is 4. The summed E-state index contributed by atoms with van der Waals surface area (Å²) in [5.74, 6) is -0.469. The Kier molecular flexibility index (Phi) is 6.79. The SMILES string of the molecule is COc1ncc(-c2cccc(C(F)(F)F)c2)cc1CNc1ccc(CCC(=O)O)cc1. The van der Waals surface area contributed by atoms with Gasteiger partial charge in [-0.1, -0.05) is 24.3 Å². The lowest BCUT2D eigenvalue weighted by Crippen LogP contribution is -2.05. The number of aromatic nitrogens is 1. The number of nitrogens with zero attached hydrogens (tertiary/aromatic N) is 1. The Morgan fingerprint density at radius 3 is 2.48 bits per heavy atom. The van der Waals surface area contributed by atoms with Crippen LogP contribution in [0.5, 0.6) is 5.88 Å². The van der Waals surface area contributed by atoms with Crippen LogP contribution in [0.4, 0.5) is 18.9 Å². The van der Waals surface area contributed by atoms with Crippen LogP contribution in [0.3, 0.4) is 0 Å². The van der Waals surface area contributed by atoms with Gasteiger partial charge in [0.15, 0.2) is 0 Å². The van der Waals surface area contributed by atoms with Crippen LogP contribution in [0.25, 0.3) is 11.1 Å². The summed E-state index contributed by atoms with van der Waals surface area (Å²) in [6, 6.07) is 14.2. The van der Waals surface area contributed by atoms with Crippen LogP contribution in [0.2, 0.25) is 0 Å². The highest BCUT2D eigenvalue weighted by molar-refractivity contribution is 5.67. The highest BCUT2D eigenvalue weighted by atomic mass is 19.4. The van der Waals surface area contributed by atoms with Crippen LogP contribution in [0, 0.1) is 0 Å². The number of benzene rings is 2. The minimum absolute atomic E-state index is 0.0674. The molecule has 0 unspecified atom stereocenters. The fourth-order valence-electron chi connectivity index (χ4n) is 3.08. The first-order valence-corrected chi connectivity index (χ1v) is 9.51. The van der Waals surface area contributed by atoms with E-state index in [9.17, 15) is 18.0 Å². The summed E-state index contributed by atoms with van der Waals surface area (Å²) in [6.07, 6.45) is -2.42. The number of carbonyl (C=O) groups is 1. The number of ether oxygens (including phenoxy) is 1. The first-order valence-electron chi connectivity index (χ1n) is 9.51. The zero-order chi connectivity index (χ0) is 22.4. The van der Waals surface area contributed by atoms with Crippen molar-refractivity contribution in [1.82, 2.24) is 4.98 Å². The smallest absolute Gasteiger partial charge is 0.416 e. The van der Waals surface area contributed by atoms with Gasteiger partial charge in [-0.2, -0.15) is 13.2 Å². The van der Waals surface area contributed by atoms with Gasteiger partial charge in [0.2, 0.25) is 5.88 Å². The first-order chi connectivity index (χ1) is 14.8. The molecule has 2 aromatic carbocycles. The van der Waals surface area contributed by atoms with Crippen molar-refractivity contribution in [3.63, 3.8) is 0 Å². The summed E-state index contributed by atoms with van der Waals surface area (Å²) in [6.45, 7) is 0.345. The van der Waals surface area contributed by atoms with Crippen LogP contribution in [-0.4, -0.2) is 23.2 Å². The maximum absolute atomic E-state index is 13.0. The molecule has 1 aromatic heterocycles. The van der Waals surface area contributed by atoms with Gasteiger partial charge in [0.25, 0.3) is 0 Å². The average Bonchev–Trinajstić information content (AvgIpc) is 2.76.